The number of halogens is 1. The Morgan fingerprint density at radius 3 is 2.79 bits per heavy atom. The van der Waals surface area contributed by atoms with Gasteiger partial charge in [-0.2, -0.15) is 0 Å². The number of nitrogens with zero attached hydrogens (tertiary/aromatic N) is 2. The summed E-state index contributed by atoms with van der Waals surface area (Å²) in [6.07, 6.45) is 1.39. The molecule has 0 aliphatic heterocycles. The lowest BCUT2D eigenvalue weighted by Crippen LogP contribution is -2.34. The van der Waals surface area contributed by atoms with Crippen LogP contribution in [0, 0.1) is 5.41 Å². The van der Waals surface area contributed by atoms with Crippen molar-refractivity contribution in [2.24, 2.45) is 5.41 Å². The summed E-state index contributed by atoms with van der Waals surface area (Å²) in [5, 5.41) is 9.58. The Morgan fingerprint density at radius 2 is 2.16 bits per heavy atom. The van der Waals surface area contributed by atoms with Crippen molar-refractivity contribution >= 4 is 32.8 Å². The molecule has 1 N–H and O–H groups in total. The summed E-state index contributed by atoms with van der Waals surface area (Å²) < 4.78 is 2.12. The van der Waals surface area contributed by atoms with Crippen LogP contribution >= 0.6 is 15.9 Å². The van der Waals surface area contributed by atoms with Crippen LogP contribution in [0.2, 0.25) is 0 Å². The molecule has 0 saturated carbocycles. The zero-order valence-electron chi connectivity index (χ0n) is 10.6. The van der Waals surface area contributed by atoms with E-state index in [2.05, 4.69) is 20.9 Å². The van der Waals surface area contributed by atoms with Crippen molar-refractivity contribution < 1.29 is 9.90 Å². The molecule has 2 rings (SSSR count). The van der Waals surface area contributed by atoms with E-state index in [0.717, 1.165) is 4.47 Å². The highest BCUT2D eigenvalue weighted by Crippen LogP contribution is 2.19. The van der Waals surface area contributed by atoms with E-state index in [-0.39, 0.29) is 12.1 Å². The molecule has 0 radical (unpaired) electrons. The first-order chi connectivity index (χ1) is 8.81. The average molecular weight is 325 g/mol. The third-order valence-electron chi connectivity index (χ3n) is 2.93. The van der Waals surface area contributed by atoms with Crippen LogP contribution < -0.4 is 5.56 Å². The average Bonchev–Trinajstić information content (AvgIpc) is 2.33. The van der Waals surface area contributed by atoms with Crippen LogP contribution in [0.3, 0.4) is 0 Å². The summed E-state index contributed by atoms with van der Waals surface area (Å²) in [7, 11) is 0. The van der Waals surface area contributed by atoms with Crippen LogP contribution in [0.1, 0.15) is 13.8 Å². The molecule has 0 bridgehead atoms. The maximum absolute atomic E-state index is 12.3. The highest BCUT2D eigenvalue weighted by molar-refractivity contribution is 9.10. The fourth-order valence-corrected chi connectivity index (χ4v) is 2.10. The largest absolute Gasteiger partial charge is 0.481 e. The smallest absolute Gasteiger partial charge is 0.310 e. The first kappa shape index (κ1) is 13.7. The Labute approximate surface area is 118 Å². The summed E-state index contributed by atoms with van der Waals surface area (Å²) in [4.78, 5) is 27.6. The van der Waals surface area contributed by atoms with Crippen molar-refractivity contribution in [3.05, 3.63) is 39.4 Å². The number of rotatable bonds is 3. The number of carboxylic acid groups (broad SMARTS) is 1. The molecule has 1 heterocycles. The summed E-state index contributed by atoms with van der Waals surface area (Å²) in [5.41, 5.74) is -0.663. The Hall–Kier alpha value is -1.69. The first-order valence-electron chi connectivity index (χ1n) is 5.69. The summed E-state index contributed by atoms with van der Waals surface area (Å²) in [6.45, 7) is 3.23. The van der Waals surface area contributed by atoms with E-state index < -0.39 is 11.4 Å². The maximum Gasteiger partial charge on any atom is 0.310 e. The van der Waals surface area contributed by atoms with Crippen molar-refractivity contribution in [2.75, 3.05) is 0 Å². The fraction of sp³-hybridized carbons (Fsp3) is 0.308. The van der Waals surface area contributed by atoms with Crippen molar-refractivity contribution in [2.45, 2.75) is 20.4 Å². The van der Waals surface area contributed by atoms with Gasteiger partial charge in [0.25, 0.3) is 5.56 Å². The lowest BCUT2D eigenvalue weighted by Gasteiger charge is -2.20. The molecule has 0 fully saturated rings. The minimum absolute atomic E-state index is 0.0800. The molecule has 0 aliphatic carbocycles. The molecule has 1 aromatic heterocycles. The normalized spacial score (nSPS) is 11.7. The van der Waals surface area contributed by atoms with E-state index in [1.54, 1.807) is 32.0 Å². The lowest BCUT2D eigenvalue weighted by molar-refractivity contribution is -0.147. The van der Waals surface area contributed by atoms with Gasteiger partial charge in [-0.1, -0.05) is 15.9 Å². The molecule has 5 nitrogen and oxygen atoms in total. The van der Waals surface area contributed by atoms with E-state index >= 15 is 0 Å². The van der Waals surface area contributed by atoms with E-state index in [9.17, 15) is 9.59 Å². The zero-order valence-corrected chi connectivity index (χ0v) is 12.1. The van der Waals surface area contributed by atoms with Gasteiger partial charge in [-0.15, -0.1) is 0 Å². The van der Waals surface area contributed by atoms with Gasteiger partial charge in [-0.05, 0) is 32.0 Å². The van der Waals surface area contributed by atoms with Crippen LogP contribution in [0.5, 0.6) is 0 Å². The van der Waals surface area contributed by atoms with Crippen LogP contribution in [0.4, 0.5) is 0 Å². The number of carboxylic acids is 1. The van der Waals surface area contributed by atoms with E-state index in [0.29, 0.717) is 10.9 Å². The predicted molar refractivity (Wildman–Crippen MR) is 75.1 cm³/mol. The topological polar surface area (TPSA) is 72.2 Å². The fourth-order valence-electron chi connectivity index (χ4n) is 1.74. The monoisotopic (exact) mass is 324 g/mol. The molecule has 0 aliphatic rings. The van der Waals surface area contributed by atoms with Crippen LogP contribution in [-0.4, -0.2) is 20.6 Å². The van der Waals surface area contributed by atoms with E-state index in [4.69, 9.17) is 5.11 Å². The number of hydrogen-bond donors (Lipinski definition) is 1. The summed E-state index contributed by atoms with van der Waals surface area (Å²) >= 11 is 3.31. The zero-order chi connectivity index (χ0) is 14.2. The van der Waals surface area contributed by atoms with E-state index in [1.807, 2.05) is 0 Å². The SMILES string of the molecule is CC(C)(Cn1cnc2ccc(Br)cc2c1=O)C(=O)O. The number of benzene rings is 1. The van der Waals surface area contributed by atoms with E-state index in [1.165, 1.54) is 10.9 Å². The second-order valence-electron chi connectivity index (χ2n) is 5.03. The van der Waals surface area contributed by atoms with Crippen molar-refractivity contribution in [3.8, 4) is 0 Å². The van der Waals surface area contributed by atoms with Gasteiger partial charge in [0.05, 0.1) is 22.6 Å². The number of aromatic nitrogens is 2. The third-order valence-corrected chi connectivity index (χ3v) is 3.42. The van der Waals surface area contributed by atoms with Crippen molar-refractivity contribution in [1.29, 1.82) is 0 Å². The Kier molecular flexibility index (Phi) is 3.45. The maximum atomic E-state index is 12.3. The standard InChI is InChI=1S/C13H13BrN2O3/c1-13(2,12(18)19)6-16-7-15-10-4-3-8(14)5-9(10)11(16)17/h3-5,7H,6H2,1-2H3,(H,18,19). The summed E-state index contributed by atoms with van der Waals surface area (Å²) in [6, 6.07) is 5.24. The molecule has 0 amide bonds. The molecular weight excluding hydrogens is 312 g/mol. The number of carbonyl (C=O) groups is 1. The van der Waals surface area contributed by atoms with Gasteiger partial charge in [0, 0.05) is 11.0 Å². The molecular formula is C13H13BrN2O3. The molecule has 100 valence electrons. The van der Waals surface area contributed by atoms with Crippen LogP contribution in [0.15, 0.2) is 33.8 Å². The Bertz CT molecular complexity index is 707. The molecule has 6 heteroatoms. The molecule has 0 saturated heterocycles. The van der Waals surface area contributed by atoms with Crippen molar-refractivity contribution in [1.82, 2.24) is 9.55 Å². The molecule has 2 aromatic rings. The second kappa shape index (κ2) is 4.77. The van der Waals surface area contributed by atoms with Gasteiger partial charge in [-0.25, -0.2) is 4.98 Å². The highest BCUT2D eigenvalue weighted by atomic mass is 79.9. The number of aliphatic carboxylic acids is 1. The quantitative estimate of drug-likeness (QED) is 0.940. The van der Waals surface area contributed by atoms with Gasteiger partial charge in [0.1, 0.15) is 0 Å². The molecule has 0 spiro atoms. The number of hydrogen-bond acceptors (Lipinski definition) is 3. The Morgan fingerprint density at radius 1 is 1.47 bits per heavy atom. The van der Waals surface area contributed by atoms with Gasteiger partial charge in [-0.3, -0.25) is 14.2 Å². The van der Waals surface area contributed by atoms with Crippen LogP contribution in [0.25, 0.3) is 10.9 Å². The van der Waals surface area contributed by atoms with Crippen molar-refractivity contribution in [3.63, 3.8) is 0 Å². The van der Waals surface area contributed by atoms with Gasteiger partial charge >= 0.3 is 5.97 Å². The van der Waals surface area contributed by atoms with Gasteiger partial charge in [0.15, 0.2) is 0 Å². The van der Waals surface area contributed by atoms with Gasteiger partial charge < -0.3 is 5.11 Å². The summed E-state index contributed by atoms with van der Waals surface area (Å²) in [5.74, 6) is -0.950. The lowest BCUT2D eigenvalue weighted by atomic mass is 9.94. The second-order valence-corrected chi connectivity index (χ2v) is 5.94. The minimum atomic E-state index is -1.02. The molecule has 1 aromatic carbocycles. The minimum Gasteiger partial charge on any atom is -0.481 e. The third kappa shape index (κ3) is 2.68. The molecule has 0 atom stereocenters. The Balaban J connectivity index is 2.55. The molecule has 19 heavy (non-hydrogen) atoms. The van der Waals surface area contributed by atoms with Crippen LogP contribution in [-0.2, 0) is 11.3 Å². The highest BCUT2D eigenvalue weighted by Gasteiger charge is 2.28. The predicted octanol–water partition coefficient (Wildman–Crippen LogP) is 2.27. The number of fused-ring (bicyclic) bond motifs is 1. The van der Waals surface area contributed by atoms with Gasteiger partial charge in [0.2, 0.25) is 0 Å². The molecule has 0 unspecified atom stereocenters. The first-order valence-corrected chi connectivity index (χ1v) is 6.49.